The predicted molar refractivity (Wildman–Crippen MR) is 118 cm³/mol. The molecular weight excluding hydrogens is 394 g/mol. The van der Waals surface area contributed by atoms with Gasteiger partial charge < -0.3 is 9.30 Å². The van der Waals surface area contributed by atoms with E-state index in [0.29, 0.717) is 17.8 Å². The maximum atomic E-state index is 13.1. The Morgan fingerprint density at radius 3 is 2.32 bits per heavy atom. The molecule has 31 heavy (non-hydrogen) atoms. The zero-order valence-electron chi connectivity index (χ0n) is 18.6. The maximum absolute atomic E-state index is 13.1. The fraction of sp³-hybridized carbons (Fsp3) is 0.696. The number of methoxy groups -OCH3 is 1. The number of aryl methyl sites for hydroxylation is 2. The molecule has 7 rings (SSSR count). The lowest BCUT2D eigenvalue weighted by molar-refractivity contribution is -0.00884. The van der Waals surface area contributed by atoms with Crippen LogP contribution in [0.15, 0.2) is 15.8 Å². The number of hydrogen-bond donors (Lipinski definition) is 0. The van der Waals surface area contributed by atoms with E-state index >= 15 is 0 Å². The Morgan fingerprint density at radius 2 is 1.71 bits per heavy atom. The van der Waals surface area contributed by atoms with Gasteiger partial charge in [0.05, 0.1) is 0 Å². The van der Waals surface area contributed by atoms with Crippen LogP contribution in [0.2, 0.25) is 0 Å². The van der Waals surface area contributed by atoms with E-state index in [-0.39, 0.29) is 16.7 Å². The molecule has 0 atom stereocenters. The highest BCUT2D eigenvalue weighted by atomic mass is 16.5. The molecule has 4 saturated carbocycles. The number of ether oxygens (including phenoxy) is 1. The Bertz CT molecular complexity index is 1270. The Labute approximate surface area is 180 Å². The summed E-state index contributed by atoms with van der Waals surface area (Å²) in [5.41, 5.74) is 1.86. The smallest absolute Gasteiger partial charge is 0.332 e. The minimum Gasteiger partial charge on any atom is -0.385 e. The van der Waals surface area contributed by atoms with Gasteiger partial charge in [0.1, 0.15) is 0 Å². The van der Waals surface area contributed by atoms with Crippen LogP contribution in [0.1, 0.15) is 50.6 Å². The van der Waals surface area contributed by atoms with E-state index < -0.39 is 0 Å². The van der Waals surface area contributed by atoms with Crippen LogP contribution in [-0.4, -0.2) is 36.8 Å². The Morgan fingerprint density at radius 1 is 1.06 bits per heavy atom. The van der Waals surface area contributed by atoms with Crippen LogP contribution in [0.4, 0.5) is 0 Å². The van der Waals surface area contributed by atoms with E-state index in [9.17, 15) is 9.59 Å². The van der Waals surface area contributed by atoms with Gasteiger partial charge in [-0.25, -0.2) is 4.79 Å². The molecule has 0 radical (unpaired) electrons. The van der Waals surface area contributed by atoms with E-state index in [4.69, 9.17) is 9.72 Å². The van der Waals surface area contributed by atoms with Crippen molar-refractivity contribution in [2.24, 2.45) is 31.8 Å². The molecule has 0 amide bonds. The van der Waals surface area contributed by atoms with Gasteiger partial charge in [0.15, 0.2) is 11.2 Å². The van der Waals surface area contributed by atoms with Crippen LogP contribution in [0.3, 0.4) is 0 Å². The van der Waals surface area contributed by atoms with Crippen molar-refractivity contribution in [1.82, 2.24) is 23.1 Å². The SMILES string of the molecule is COCCCn1c(C23CC4CC(CC(C4)C2)C3)cn2c3c(=O)n(C)c(=O)n(C)c3nc12. The Kier molecular flexibility index (Phi) is 4.10. The zero-order valence-corrected chi connectivity index (χ0v) is 18.6. The first kappa shape index (κ1) is 19.3. The van der Waals surface area contributed by atoms with E-state index in [1.165, 1.54) is 53.4 Å². The summed E-state index contributed by atoms with van der Waals surface area (Å²) in [6, 6.07) is 0. The van der Waals surface area contributed by atoms with Crippen LogP contribution in [0.5, 0.6) is 0 Å². The van der Waals surface area contributed by atoms with Crippen LogP contribution in [0.25, 0.3) is 16.9 Å². The molecule has 4 aliphatic rings. The van der Waals surface area contributed by atoms with E-state index in [2.05, 4.69) is 10.8 Å². The summed E-state index contributed by atoms with van der Waals surface area (Å²) in [5.74, 6) is 3.29. The molecule has 166 valence electrons. The lowest BCUT2D eigenvalue weighted by Gasteiger charge is -2.56. The summed E-state index contributed by atoms with van der Waals surface area (Å²) < 4.78 is 12.3. The average Bonchev–Trinajstić information content (AvgIpc) is 3.27. The van der Waals surface area contributed by atoms with Gasteiger partial charge >= 0.3 is 5.69 Å². The van der Waals surface area contributed by atoms with Crippen LogP contribution < -0.4 is 11.2 Å². The van der Waals surface area contributed by atoms with Crippen molar-refractivity contribution in [3.8, 4) is 0 Å². The first-order valence-corrected chi connectivity index (χ1v) is 11.6. The third-order valence-corrected chi connectivity index (χ3v) is 8.37. The molecule has 0 aromatic carbocycles. The van der Waals surface area contributed by atoms with Gasteiger partial charge in [-0.2, -0.15) is 4.98 Å². The largest absolute Gasteiger partial charge is 0.385 e. The summed E-state index contributed by atoms with van der Waals surface area (Å²) in [5, 5.41) is 0. The number of nitrogens with zero attached hydrogens (tertiary/aromatic N) is 5. The molecule has 4 bridgehead atoms. The fourth-order valence-corrected chi connectivity index (χ4v) is 7.45. The molecule has 0 saturated heterocycles. The van der Waals surface area contributed by atoms with Crippen LogP contribution in [0, 0.1) is 17.8 Å². The van der Waals surface area contributed by atoms with Gasteiger partial charge in [0, 0.05) is 51.7 Å². The minimum absolute atomic E-state index is 0.195. The minimum atomic E-state index is -0.342. The Balaban J connectivity index is 1.60. The predicted octanol–water partition coefficient (Wildman–Crippen LogP) is 2.19. The quantitative estimate of drug-likeness (QED) is 0.588. The van der Waals surface area contributed by atoms with E-state index in [1.807, 2.05) is 4.40 Å². The first-order valence-electron chi connectivity index (χ1n) is 11.6. The molecule has 4 aliphatic carbocycles. The topological polar surface area (TPSA) is 75.5 Å². The number of rotatable bonds is 5. The standard InChI is InChI=1S/C23H31N5O3/c1-25-19-18(20(29)26(2)22(25)30)28-13-17(27(21(28)24-19)5-4-6-31-3)23-10-14-7-15(11-23)9-16(8-14)12-23/h13-16H,4-12H2,1-3H3. The zero-order chi connectivity index (χ0) is 21.5. The Hall–Kier alpha value is -2.35. The summed E-state index contributed by atoms with van der Waals surface area (Å²) >= 11 is 0. The highest BCUT2D eigenvalue weighted by molar-refractivity contribution is 5.75. The molecule has 3 heterocycles. The highest BCUT2D eigenvalue weighted by Gasteiger charge is 2.53. The molecular formula is C23H31N5O3. The van der Waals surface area contributed by atoms with Crippen LogP contribution in [-0.2, 0) is 30.8 Å². The number of fused-ring (bicyclic) bond motifs is 3. The van der Waals surface area contributed by atoms with Crippen molar-refractivity contribution in [3.63, 3.8) is 0 Å². The van der Waals surface area contributed by atoms with Gasteiger partial charge in [-0.05, 0) is 62.7 Å². The lowest BCUT2D eigenvalue weighted by atomic mass is 9.49. The summed E-state index contributed by atoms with van der Waals surface area (Å²) in [6.07, 6.45) is 11.0. The molecule has 3 aromatic heterocycles. The third-order valence-electron chi connectivity index (χ3n) is 8.37. The normalized spacial score (nSPS) is 29.6. The molecule has 0 unspecified atom stereocenters. The second-order valence-electron chi connectivity index (χ2n) is 10.4. The second kappa shape index (κ2) is 6.58. The monoisotopic (exact) mass is 425 g/mol. The third kappa shape index (κ3) is 2.60. The van der Waals surface area contributed by atoms with Gasteiger partial charge in [-0.3, -0.25) is 18.3 Å². The number of hydrogen-bond acceptors (Lipinski definition) is 4. The van der Waals surface area contributed by atoms with Crippen molar-refractivity contribution >= 4 is 16.9 Å². The van der Waals surface area contributed by atoms with E-state index in [1.54, 1.807) is 21.2 Å². The summed E-state index contributed by atoms with van der Waals surface area (Å²) in [7, 11) is 4.96. The van der Waals surface area contributed by atoms with Gasteiger partial charge in [-0.1, -0.05) is 0 Å². The molecule has 3 aromatic rings. The number of imidazole rings is 2. The number of aromatic nitrogens is 5. The second-order valence-corrected chi connectivity index (χ2v) is 10.4. The van der Waals surface area contributed by atoms with Gasteiger partial charge in [0.25, 0.3) is 5.56 Å². The first-order chi connectivity index (χ1) is 14.9. The molecule has 8 heteroatoms. The molecule has 0 N–H and O–H groups in total. The molecule has 4 fully saturated rings. The highest BCUT2D eigenvalue weighted by Crippen LogP contribution is 2.60. The maximum Gasteiger partial charge on any atom is 0.332 e. The van der Waals surface area contributed by atoms with Gasteiger partial charge in [-0.15, -0.1) is 0 Å². The van der Waals surface area contributed by atoms with Crippen molar-refractivity contribution in [2.45, 2.75) is 56.9 Å². The van der Waals surface area contributed by atoms with Crippen LogP contribution >= 0.6 is 0 Å². The van der Waals surface area contributed by atoms with E-state index in [0.717, 1.165) is 36.5 Å². The lowest BCUT2D eigenvalue weighted by Crippen LogP contribution is -2.49. The molecule has 0 spiro atoms. The summed E-state index contributed by atoms with van der Waals surface area (Å²) in [6.45, 7) is 1.49. The van der Waals surface area contributed by atoms with Crippen molar-refractivity contribution in [3.05, 3.63) is 32.7 Å². The van der Waals surface area contributed by atoms with Gasteiger partial charge in [0.2, 0.25) is 5.78 Å². The van der Waals surface area contributed by atoms with Crippen molar-refractivity contribution < 1.29 is 4.74 Å². The fourth-order valence-electron chi connectivity index (χ4n) is 7.45. The molecule has 0 aliphatic heterocycles. The molecule has 8 nitrogen and oxygen atoms in total. The van der Waals surface area contributed by atoms with Crippen molar-refractivity contribution in [2.75, 3.05) is 13.7 Å². The average molecular weight is 426 g/mol. The summed E-state index contributed by atoms with van der Waals surface area (Å²) in [4.78, 5) is 30.4. The van der Waals surface area contributed by atoms with Crippen molar-refractivity contribution in [1.29, 1.82) is 0 Å².